The number of nitrogens with two attached hydrogens (primary N) is 1. The molecule has 0 aromatic carbocycles. The summed E-state index contributed by atoms with van der Waals surface area (Å²) in [5.74, 6) is 2.54. The van der Waals surface area contributed by atoms with Crippen LogP contribution >= 0.6 is 0 Å². The zero-order valence-electron chi connectivity index (χ0n) is 10.1. The van der Waals surface area contributed by atoms with E-state index < -0.39 is 0 Å². The first-order valence-electron chi connectivity index (χ1n) is 6.37. The maximum Gasteiger partial charge on any atom is 0.00697 e. The fourth-order valence-corrected chi connectivity index (χ4v) is 2.79. The Labute approximate surface area is 89.5 Å². The molecule has 0 amide bonds. The van der Waals surface area contributed by atoms with Crippen molar-refractivity contribution in [1.29, 1.82) is 0 Å². The lowest BCUT2D eigenvalue weighted by Gasteiger charge is -2.23. The lowest BCUT2D eigenvalue weighted by atomic mass is 9.87. The molecule has 1 heteroatoms. The van der Waals surface area contributed by atoms with E-state index in [0.29, 0.717) is 6.04 Å². The van der Waals surface area contributed by atoms with Gasteiger partial charge in [-0.25, -0.2) is 0 Å². The van der Waals surface area contributed by atoms with Gasteiger partial charge in [0, 0.05) is 6.04 Å². The van der Waals surface area contributed by atoms with Gasteiger partial charge in [0.15, 0.2) is 0 Å². The van der Waals surface area contributed by atoms with Gasteiger partial charge in [-0.2, -0.15) is 0 Å². The standard InChI is InChI=1S/C13H27N/c1-10(2)6-4-9-13(14)12-8-5-7-11(12)3/h10-13H,4-9,14H2,1-3H3. The molecule has 0 aromatic heterocycles. The summed E-state index contributed by atoms with van der Waals surface area (Å²) in [6, 6.07) is 0.478. The zero-order valence-corrected chi connectivity index (χ0v) is 10.1. The molecule has 1 rings (SSSR count). The molecule has 0 radical (unpaired) electrons. The highest BCUT2D eigenvalue weighted by atomic mass is 14.7. The molecule has 3 atom stereocenters. The van der Waals surface area contributed by atoms with Crippen molar-refractivity contribution in [2.45, 2.75) is 65.3 Å². The van der Waals surface area contributed by atoms with Gasteiger partial charge in [-0.15, -0.1) is 0 Å². The number of hydrogen-bond acceptors (Lipinski definition) is 1. The third kappa shape index (κ3) is 3.61. The molecule has 0 aromatic rings. The molecule has 84 valence electrons. The maximum atomic E-state index is 6.26. The quantitative estimate of drug-likeness (QED) is 0.716. The monoisotopic (exact) mass is 197 g/mol. The van der Waals surface area contributed by atoms with E-state index in [1.165, 1.54) is 38.5 Å². The van der Waals surface area contributed by atoms with E-state index in [2.05, 4.69) is 20.8 Å². The Morgan fingerprint density at radius 3 is 2.43 bits per heavy atom. The molecule has 3 unspecified atom stereocenters. The second-order valence-electron chi connectivity index (χ2n) is 5.56. The highest BCUT2D eigenvalue weighted by molar-refractivity contribution is 4.82. The maximum absolute atomic E-state index is 6.26. The molecule has 2 N–H and O–H groups in total. The van der Waals surface area contributed by atoms with Crippen molar-refractivity contribution >= 4 is 0 Å². The van der Waals surface area contributed by atoms with Gasteiger partial charge in [-0.3, -0.25) is 0 Å². The summed E-state index contributed by atoms with van der Waals surface area (Å²) in [5.41, 5.74) is 6.26. The predicted molar refractivity (Wildman–Crippen MR) is 63.2 cm³/mol. The first-order valence-corrected chi connectivity index (χ1v) is 6.37. The van der Waals surface area contributed by atoms with E-state index in [1.54, 1.807) is 0 Å². The second kappa shape index (κ2) is 5.75. The van der Waals surface area contributed by atoms with Crippen molar-refractivity contribution in [3.8, 4) is 0 Å². The highest BCUT2D eigenvalue weighted by Crippen LogP contribution is 2.34. The van der Waals surface area contributed by atoms with Gasteiger partial charge in [0.1, 0.15) is 0 Å². The Bertz CT molecular complexity index is 153. The van der Waals surface area contributed by atoms with Gasteiger partial charge >= 0.3 is 0 Å². The molecule has 1 nitrogen and oxygen atoms in total. The number of hydrogen-bond donors (Lipinski definition) is 1. The van der Waals surface area contributed by atoms with Crippen LogP contribution in [0.15, 0.2) is 0 Å². The summed E-state index contributed by atoms with van der Waals surface area (Å²) in [6.45, 7) is 6.97. The molecule has 0 heterocycles. The Hall–Kier alpha value is -0.0400. The Morgan fingerprint density at radius 2 is 1.93 bits per heavy atom. The topological polar surface area (TPSA) is 26.0 Å². The minimum absolute atomic E-state index is 0.478. The van der Waals surface area contributed by atoms with Gasteiger partial charge in [-0.1, -0.05) is 46.5 Å². The minimum Gasteiger partial charge on any atom is -0.327 e. The van der Waals surface area contributed by atoms with Crippen LogP contribution in [0.1, 0.15) is 59.3 Å². The molecule has 0 spiro atoms. The third-order valence-electron chi connectivity index (χ3n) is 3.80. The van der Waals surface area contributed by atoms with Crippen molar-refractivity contribution < 1.29 is 0 Å². The Kier molecular flexibility index (Phi) is 4.94. The van der Waals surface area contributed by atoms with E-state index in [1.807, 2.05) is 0 Å². The highest BCUT2D eigenvalue weighted by Gasteiger charge is 2.28. The van der Waals surface area contributed by atoms with Gasteiger partial charge < -0.3 is 5.73 Å². The first-order chi connectivity index (χ1) is 6.61. The molecule has 14 heavy (non-hydrogen) atoms. The van der Waals surface area contributed by atoms with Gasteiger partial charge in [-0.05, 0) is 30.6 Å². The van der Waals surface area contributed by atoms with E-state index in [0.717, 1.165) is 17.8 Å². The van der Waals surface area contributed by atoms with Crippen molar-refractivity contribution in [2.75, 3.05) is 0 Å². The molecule has 0 bridgehead atoms. The molecule has 0 aliphatic heterocycles. The summed E-state index contributed by atoms with van der Waals surface area (Å²) in [7, 11) is 0. The van der Waals surface area contributed by atoms with Crippen LogP contribution in [0.5, 0.6) is 0 Å². The number of rotatable bonds is 5. The van der Waals surface area contributed by atoms with E-state index in [-0.39, 0.29) is 0 Å². The van der Waals surface area contributed by atoms with Crippen molar-refractivity contribution in [2.24, 2.45) is 23.5 Å². The summed E-state index contributed by atoms with van der Waals surface area (Å²) in [4.78, 5) is 0. The van der Waals surface area contributed by atoms with Crippen LogP contribution < -0.4 is 5.73 Å². The SMILES string of the molecule is CC(C)CCCC(N)C1CCCC1C. The molecule has 1 saturated carbocycles. The zero-order chi connectivity index (χ0) is 10.6. The fraction of sp³-hybridized carbons (Fsp3) is 1.00. The van der Waals surface area contributed by atoms with Crippen molar-refractivity contribution in [3.05, 3.63) is 0 Å². The van der Waals surface area contributed by atoms with Crippen LogP contribution in [0, 0.1) is 17.8 Å². The van der Waals surface area contributed by atoms with Crippen molar-refractivity contribution in [3.63, 3.8) is 0 Å². The van der Waals surface area contributed by atoms with Crippen molar-refractivity contribution in [1.82, 2.24) is 0 Å². The summed E-state index contributed by atoms with van der Waals surface area (Å²) < 4.78 is 0. The van der Waals surface area contributed by atoms with Crippen LogP contribution in [-0.2, 0) is 0 Å². The van der Waals surface area contributed by atoms with E-state index in [9.17, 15) is 0 Å². The average molecular weight is 197 g/mol. The van der Waals surface area contributed by atoms with Gasteiger partial charge in [0.05, 0.1) is 0 Å². The first kappa shape index (κ1) is 12.0. The van der Waals surface area contributed by atoms with Crippen LogP contribution in [0.3, 0.4) is 0 Å². The smallest absolute Gasteiger partial charge is 0.00697 e. The Morgan fingerprint density at radius 1 is 1.21 bits per heavy atom. The minimum atomic E-state index is 0.478. The lowest BCUT2D eigenvalue weighted by Crippen LogP contribution is -2.31. The van der Waals surface area contributed by atoms with E-state index >= 15 is 0 Å². The Balaban J connectivity index is 2.17. The summed E-state index contributed by atoms with van der Waals surface area (Å²) in [6.07, 6.45) is 8.10. The molecule has 1 aliphatic rings. The van der Waals surface area contributed by atoms with Crippen LogP contribution in [0.2, 0.25) is 0 Å². The predicted octanol–water partition coefficient (Wildman–Crippen LogP) is 3.58. The average Bonchev–Trinajstić information content (AvgIpc) is 2.50. The summed E-state index contributed by atoms with van der Waals surface area (Å²) >= 11 is 0. The third-order valence-corrected chi connectivity index (χ3v) is 3.80. The largest absolute Gasteiger partial charge is 0.327 e. The molecular formula is C13H27N. The fourth-order valence-electron chi connectivity index (χ4n) is 2.79. The second-order valence-corrected chi connectivity index (χ2v) is 5.56. The normalized spacial score (nSPS) is 29.8. The van der Waals surface area contributed by atoms with Gasteiger partial charge in [0.25, 0.3) is 0 Å². The van der Waals surface area contributed by atoms with E-state index in [4.69, 9.17) is 5.73 Å². The lowest BCUT2D eigenvalue weighted by molar-refractivity contribution is 0.321. The molecule has 0 saturated heterocycles. The van der Waals surface area contributed by atoms with Crippen LogP contribution in [-0.4, -0.2) is 6.04 Å². The molecule has 1 fully saturated rings. The van der Waals surface area contributed by atoms with Gasteiger partial charge in [0.2, 0.25) is 0 Å². The summed E-state index contributed by atoms with van der Waals surface area (Å²) in [5, 5.41) is 0. The molecular weight excluding hydrogens is 170 g/mol. The molecule has 1 aliphatic carbocycles. The van der Waals surface area contributed by atoms with Crippen LogP contribution in [0.4, 0.5) is 0 Å². The van der Waals surface area contributed by atoms with Crippen LogP contribution in [0.25, 0.3) is 0 Å².